The first-order chi connectivity index (χ1) is 13.6. The van der Waals surface area contributed by atoms with Crippen molar-refractivity contribution in [2.75, 3.05) is 13.7 Å². The van der Waals surface area contributed by atoms with Gasteiger partial charge >= 0.3 is 0 Å². The lowest BCUT2D eigenvalue weighted by Gasteiger charge is -2.09. The maximum Gasteiger partial charge on any atom is 0.276 e. The number of thiazole rings is 1. The molecule has 0 spiro atoms. The van der Waals surface area contributed by atoms with Gasteiger partial charge in [-0.05, 0) is 37.6 Å². The first kappa shape index (κ1) is 18.2. The quantitative estimate of drug-likeness (QED) is 0.521. The van der Waals surface area contributed by atoms with Gasteiger partial charge in [0.2, 0.25) is 4.96 Å². The molecule has 0 N–H and O–H groups in total. The van der Waals surface area contributed by atoms with Gasteiger partial charge in [0.15, 0.2) is 17.3 Å². The van der Waals surface area contributed by atoms with Crippen LogP contribution < -0.4 is 19.6 Å². The number of hydrogen-bond acceptors (Lipinski definition) is 6. The third kappa shape index (κ3) is 3.25. The molecule has 0 amide bonds. The molecule has 0 bridgehead atoms. The number of nitrogens with zero attached hydrogens (tertiary/aromatic N) is 3. The van der Waals surface area contributed by atoms with Crippen molar-refractivity contribution in [2.45, 2.75) is 13.8 Å². The third-order valence-corrected chi connectivity index (χ3v) is 5.30. The van der Waals surface area contributed by atoms with Gasteiger partial charge in [-0.3, -0.25) is 4.79 Å². The Bertz CT molecular complexity index is 1240. The molecule has 0 unspecified atom stereocenters. The Morgan fingerprint density at radius 3 is 2.61 bits per heavy atom. The number of fused-ring (bicyclic) bond motifs is 1. The van der Waals surface area contributed by atoms with E-state index < -0.39 is 0 Å². The molecular weight excluding hydrogens is 374 g/mol. The molecule has 0 fully saturated rings. The van der Waals surface area contributed by atoms with Crippen molar-refractivity contribution in [3.8, 4) is 22.9 Å². The van der Waals surface area contributed by atoms with Crippen molar-refractivity contribution < 1.29 is 9.47 Å². The fraction of sp³-hybridized carbons (Fsp3) is 0.190. The molecule has 0 radical (unpaired) electrons. The van der Waals surface area contributed by atoms with Gasteiger partial charge in [-0.2, -0.15) is 0 Å². The van der Waals surface area contributed by atoms with Gasteiger partial charge in [0.1, 0.15) is 0 Å². The molecule has 6 nitrogen and oxygen atoms in total. The van der Waals surface area contributed by atoms with E-state index >= 15 is 0 Å². The molecule has 0 saturated heterocycles. The summed E-state index contributed by atoms with van der Waals surface area (Å²) in [5.74, 6) is 1.86. The summed E-state index contributed by atoms with van der Waals surface area (Å²) in [5, 5.41) is 8.38. The maximum absolute atomic E-state index is 13.0. The number of hydrogen-bond donors (Lipinski definition) is 0. The lowest BCUT2D eigenvalue weighted by atomic mass is 10.1. The number of benzene rings is 2. The van der Waals surface area contributed by atoms with Crippen molar-refractivity contribution in [1.29, 1.82) is 0 Å². The van der Waals surface area contributed by atoms with Crippen molar-refractivity contribution in [1.82, 2.24) is 14.6 Å². The Balaban J connectivity index is 1.81. The van der Waals surface area contributed by atoms with Crippen LogP contribution in [0, 0.1) is 6.92 Å². The van der Waals surface area contributed by atoms with E-state index in [0.717, 1.165) is 16.7 Å². The fourth-order valence-corrected chi connectivity index (χ4v) is 3.86. The van der Waals surface area contributed by atoms with Crippen LogP contribution in [0.5, 0.6) is 11.5 Å². The van der Waals surface area contributed by atoms with Crippen molar-refractivity contribution >= 4 is 22.4 Å². The summed E-state index contributed by atoms with van der Waals surface area (Å²) in [6.45, 7) is 4.50. The van der Waals surface area contributed by atoms with E-state index in [9.17, 15) is 4.79 Å². The van der Waals surface area contributed by atoms with Crippen molar-refractivity contribution in [3.05, 3.63) is 68.5 Å². The van der Waals surface area contributed by atoms with Crippen LogP contribution in [0.15, 0.2) is 47.3 Å². The van der Waals surface area contributed by atoms with E-state index in [1.807, 2.05) is 62.4 Å². The monoisotopic (exact) mass is 393 g/mol. The van der Waals surface area contributed by atoms with Crippen LogP contribution in [0.3, 0.4) is 0 Å². The summed E-state index contributed by atoms with van der Waals surface area (Å²) < 4.78 is 13.1. The van der Waals surface area contributed by atoms with E-state index in [1.54, 1.807) is 11.5 Å². The van der Waals surface area contributed by atoms with Gasteiger partial charge in [0, 0.05) is 5.56 Å². The average molecular weight is 393 g/mol. The highest BCUT2D eigenvalue weighted by molar-refractivity contribution is 7.15. The number of aromatic nitrogens is 3. The van der Waals surface area contributed by atoms with E-state index in [0.29, 0.717) is 33.4 Å². The Hall–Kier alpha value is -3.19. The van der Waals surface area contributed by atoms with E-state index in [4.69, 9.17) is 9.47 Å². The second kappa shape index (κ2) is 7.44. The average Bonchev–Trinajstić information content (AvgIpc) is 3.24. The SMILES string of the molecule is CCOc1ccc(/C=c2/sc3nnc(-c4ccc(C)cc4)n3c2=O)cc1OC. The molecule has 142 valence electrons. The van der Waals surface area contributed by atoms with Gasteiger partial charge in [-0.15, -0.1) is 10.2 Å². The fourth-order valence-electron chi connectivity index (χ4n) is 2.95. The number of aryl methyl sites for hydroxylation is 1. The molecule has 0 atom stereocenters. The summed E-state index contributed by atoms with van der Waals surface area (Å²) >= 11 is 1.31. The minimum Gasteiger partial charge on any atom is -0.493 e. The summed E-state index contributed by atoms with van der Waals surface area (Å²) in [5.41, 5.74) is 2.73. The largest absolute Gasteiger partial charge is 0.493 e. The standard InChI is InChI=1S/C21H19N3O3S/c1-4-27-16-10-7-14(11-17(16)26-3)12-18-20(25)24-19(22-23-21(24)28-18)15-8-5-13(2)6-9-15/h5-12H,4H2,1-3H3/b18-12+. The number of rotatable bonds is 5. The highest BCUT2D eigenvalue weighted by Crippen LogP contribution is 2.28. The Morgan fingerprint density at radius 2 is 1.89 bits per heavy atom. The predicted octanol–water partition coefficient (Wildman–Crippen LogP) is 3.08. The molecule has 0 aliphatic carbocycles. The van der Waals surface area contributed by atoms with Crippen LogP contribution in [0.1, 0.15) is 18.1 Å². The minimum atomic E-state index is -0.131. The molecule has 0 aliphatic rings. The smallest absolute Gasteiger partial charge is 0.276 e. The zero-order valence-corrected chi connectivity index (χ0v) is 16.6. The van der Waals surface area contributed by atoms with Gasteiger partial charge < -0.3 is 9.47 Å². The Kier molecular flexibility index (Phi) is 4.83. The molecule has 0 saturated carbocycles. The zero-order chi connectivity index (χ0) is 19.7. The van der Waals surface area contributed by atoms with Crippen LogP contribution in [-0.4, -0.2) is 28.3 Å². The second-order valence-corrected chi connectivity index (χ2v) is 7.28. The van der Waals surface area contributed by atoms with Crippen LogP contribution in [0.4, 0.5) is 0 Å². The van der Waals surface area contributed by atoms with Crippen LogP contribution in [-0.2, 0) is 0 Å². The van der Waals surface area contributed by atoms with Gasteiger partial charge in [0.05, 0.1) is 18.2 Å². The van der Waals surface area contributed by atoms with Crippen LogP contribution in [0.2, 0.25) is 0 Å². The second-order valence-electron chi connectivity index (χ2n) is 6.27. The summed E-state index contributed by atoms with van der Waals surface area (Å²) in [7, 11) is 1.60. The summed E-state index contributed by atoms with van der Waals surface area (Å²) in [6.07, 6.45) is 1.83. The normalized spacial score (nSPS) is 11.9. The Morgan fingerprint density at radius 1 is 1.11 bits per heavy atom. The first-order valence-electron chi connectivity index (χ1n) is 8.88. The van der Waals surface area contributed by atoms with Crippen molar-refractivity contribution in [2.24, 2.45) is 0 Å². The molecule has 28 heavy (non-hydrogen) atoms. The van der Waals surface area contributed by atoms with Crippen LogP contribution >= 0.6 is 11.3 Å². The predicted molar refractivity (Wildman–Crippen MR) is 110 cm³/mol. The molecule has 2 heterocycles. The number of methoxy groups -OCH3 is 1. The Labute approximate surface area is 165 Å². The molecule has 0 aliphatic heterocycles. The molecule has 7 heteroatoms. The topological polar surface area (TPSA) is 65.7 Å². The van der Waals surface area contributed by atoms with E-state index in [2.05, 4.69) is 10.2 Å². The van der Waals surface area contributed by atoms with Crippen LogP contribution in [0.25, 0.3) is 22.4 Å². The van der Waals surface area contributed by atoms with Crippen molar-refractivity contribution in [3.63, 3.8) is 0 Å². The van der Waals surface area contributed by atoms with E-state index in [1.165, 1.54) is 11.3 Å². The zero-order valence-electron chi connectivity index (χ0n) is 15.8. The highest BCUT2D eigenvalue weighted by Gasteiger charge is 2.14. The molecule has 4 rings (SSSR count). The van der Waals surface area contributed by atoms with Gasteiger partial charge in [0.25, 0.3) is 5.56 Å². The molecule has 2 aromatic heterocycles. The lowest BCUT2D eigenvalue weighted by Crippen LogP contribution is -2.23. The van der Waals surface area contributed by atoms with Gasteiger partial charge in [-0.25, -0.2) is 4.40 Å². The first-order valence-corrected chi connectivity index (χ1v) is 9.70. The van der Waals surface area contributed by atoms with Gasteiger partial charge in [-0.1, -0.05) is 47.2 Å². The maximum atomic E-state index is 13.0. The summed E-state index contributed by atoms with van der Waals surface area (Å²) in [4.78, 5) is 13.6. The molecular formula is C21H19N3O3S. The summed E-state index contributed by atoms with van der Waals surface area (Å²) in [6, 6.07) is 13.5. The van der Waals surface area contributed by atoms with E-state index in [-0.39, 0.29) is 5.56 Å². The molecule has 4 aromatic rings. The molecule has 2 aromatic carbocycles. The minimum absolute atomic E-state index is 0.131. The third-order valence-electron chi connectivity index (χ3n) is 4.34. The lowest BCUT2D eigenvalue weighted by molar-refractivity contribution is 0.311. The highest BCUT2D eigenvalue weighted by atomic mass is 32.1. The number of ether oxygens (including phenoxy) is 2.